The monoisotopic (exact) mass is 132 g/mol. The van der Waals surface area contributed by atoms with Gasteiger partial charge in [0.25, 0.3) is 6.08 Å². The van der Waals surface area contributed by atoms with E-state index in [1.54, 1.807) is 0 Å². The van der Waals surface area contributed by atoms with Crippen molar-refractivity contribution in [3.05, 3.63) is 12.4 Å². The van der Waals surface area contributed by atoms with Crippen LogP contribution in [0, 0.1) is 0 Å². The van der Waals surface area contributed by atoms with Crippen molar-refractivity contribution in [1.82, 2.24) is 0 Å². The van der Waals surface area contributed by atoms with Gasteiger partial charge in [0.1, 0.15) is 0 Å². The lowest BCUT2D eigenvalue weighted by atomic mass is 11.1. The van der Waals surface area contributed by atoms with E-state index in [0.29, 0.717) is 0 Å². The smallest absolute Gasteiger partial charge is 0.221 e. The van der Waals surface area contributed by atoms with Crippen molar-refractivity contribution in [2.24, 2.45) is 0 Å². The van der Waals surface area contributed by atoms with Gasteiger partial charge in [-0.25, -0.2) is 14.9 Å². The topological polar surface area (TPSA) is 49.7 Å². The molecule has 0 heterocycles. The molecule has 0 aromatic carbocycles. The molecule has 0 spiro atoms. The van der Waals surface area contributed by atoms with Gasteiger partial charge in [-0.05, 0) is 0 Å². The molecule has 0 saturated carbocycles. The Balaban J connectivity index is 0. The second-order valence-corrected chi connectivity index (χ2v) is 0.480. The predicted molar refractivity (Wildman–Crippen MR) is 17.7 cm³/mol. The van der Waals surface area contributed by atoms with Crippen molar-refractivity contribution in [2.45, 2.75) is 0 Å². The van der Waals surface area contributed by atoms with Gasteiger partial charge in [-0.3, -0.25) is 0 Å². The van der Waals surface area contributed by atoms with Gasteiger partial charge in [-0.15, -0.1) is 0 Å². The molecule has 0 aliphatic rings. The molecular formula is C2H3F3O3. The molecule has 0 aliphatic carbocycles. The Kier molecular flexibility index (Phi) is 12.5. The Morgan fingerprint density at radius 1 is 1.38 bits per heavy atom. The lowest BCUT2D eigenvalue weighted by molar-refractivity contribution is -0.465. The molecule has 6 heteroatoms. The molecule has 0 amide bonds. The van der Waals surface area contributed by atoms with E-state index in [1.807, 2.05) is 0 Å². The zero-order chi connectivity index (χ0) is 6.99. The molecule has 0 rings (SSSR count). The zero-order valence-electron chi connectivity index (χ0n) is 3.51. The van der Waals surface area contributed by atoms with Crippen molar-refractivity contribution in [3.8, 4) is 0 Å². The first kappa shape index (κ1) is 10.4. The van der Waals surface area contributed by atoms with Gasteiger partial charge in [-0.2, -0.15) is 8.78 Å². The van der Waals surface area contributed by atoms with Gasteiger partial charge in [0.15, 0.2) is 6.33 Å². The van der Waals surface area contributed by atoms with E-state index in [9.17, 15) is 13.2 Å². The van der Waals surface area contributed by atoms with Crippen LogP contribution in [0.2, 0.25) is 0 Å². The van der Waals surface area contributed by atoms with Crippen LogP contribution in [0.1, 0.15) is 0 Å². The lowest BCUT2D eigenvalue weighted by Gasteiger charge is -1.59. The van der Waals surface area contributed by atoms with E-state index >= 15 is 0 Å². The average Bonchev–Trinajstić information content (AvgIpc) is 1.69. The first-order valence-electron chi connectivity index (χ1n) is 1.25. The quantitative estimate of drug-likeness (QED) is 0.389. The van der Waals surface area contributed by atoms with E-state index in [0.717, 1.165) is 0 Å². The maximum atomic E-state index is 10.2. The normalized spacial score (nSPS) is 6.62. The molecule has 0 aromatic rings. The fourth-order valence-corrected chi connectivity index (χ4v) is 0. The van der Waals surface area contributed by atoms with Crippen LogP contribution in [0.4, 0.5) is 13.2 Å². The van der Waals surface area contributed by atoms with Crippen LogP contribution >= 0.6 is 0 Å². The van der Waals surface area contributed by atoms with Gasteiger partial charge in [0.05, 0.1) is 0 Å². The molecule has 0 radical (unpaired) electrons. The lowest BCUT2D eigenvalue weighted by Crippen LogP contribution is -1.60. The molecule has 2 N–H and O–H groups in total. The Morgan fingerprint density at radius 2 is 1.50 bits per heavy atom. The molecule has 50 valence electrons. The highest BCUT2D eigenvalue weighted by Crippen LogP contribution is 1.93. The fourth-order valence-electron chi connectivity index (χ4n) is 0. The Morgan fingerprint density at radius 3 is 1.50 bits per heavy atom. The Bertz CT molecular complexity index is 59.5. The van der Waals surface area contributed by atoms with Crippen LogP contribution < -0.4 is 0 Å². The molecule has 0 bridgehead atoms. The van der Waals surface area contributed by atoms with Gasteiger partial charge >= 0.3 is 0 Å². The second-order valence-electron chi connectivity index (χ2n) is 0.480. The largest absolute Gasteiger partial charge is 0.298 e. The summed E-state index contributed by atoms with van der Waals surface area (Å²) in [6.07, 6.45) is -3.04. The van der Waals surface area contributed by atoms with Gasteiger partial charge in [0.2, 0.25) is 0 Å². The Hall–Kier alpha value is -0.590. The molecule has 0 aromatic heterocycles. The summed E-state index contributed by atoms with van der Waals surface area (Å²) in [7, 11) is 0. The van der Waals surface area contributed by atoms with E-state index in [2.05, 4.69) is 5.04 Å². The first-order chi connectivity index (χ1) is 3.68. The molecule has 0 saturated heterocycles. The molecule has 0 atom stereocenters. The second kappa shape index (κ2) is 9.65. The number of halogens is 3. The van der Waals surface area contributed by atoms with Crippen molar-refractivity contribution < 1.29 is 28.7 Å². The zero-order valence-corrected chi connectivity index (χ0v) is 3.51. The molecule has 0 aliphatic heterocycles. The SMILES string of the molecule is FC=C(F)F.OOO. The third-order valence-electron chi connectivity index (χ3n) is 0.0825. The summed E-state index contributed by atoms with van der Waals surface area (Å²) < 4.78 is 30.7. The molecule has 0 unspecified atom stereocenters. The van der Waals surface area contributed by atoms with E-state index in [4.69, 9.17) is 10.5 Å². The van der Waals surface area contributed by atoms with Crippen LogP contribution in [0.25, 0.3) is 0 Å². The number of hydrogen-bond donors (Lipinski definition) is 2. The highest BCUT2D eigenvalue weighted by atomic mass is 19.3. The van der Waals surface area contributed by atoms with Gasteiger partial charge in [0, 0.05) is 0 Å². The van der Waals surface area contributed by atoms with E-state index < -0.39 is 12.4 Å². The molecule has 3 nitrogen and oxygen atoms in total. The fraction of sp³-hybridized carbons (Fsp3) is 0. The van der Waals surface area contributed by atoms with Crippen molar-refractivity contribution >= 4 is 0 Å². The third kappa shape index (κ3) is 52.9. The van der Waals surface area contributed by atoms with Crippen LogP contribution in [0.3, 0.4) is 0 Å². The first-order valence-corrected chi connectivity index (χ1v) is 1.25. The van der Waals surface area contributed by atoms with E-state index in [1.165, 1.54) is 0 Å². The van der Waals surface area contributed by atoms with E-state index in [-0.39, 0.29) is 0 Å². The van der Waals surface area contributed by atoms with Crippen molar-refractivity contribution in [2.75, 3.05) is 0 Å². The van der Waals surface area contributed by atoms with Gasteiger partial charge < -0.3 is 0 Å². The maximum absolute atomic E-state index is 10.2. The minimum atomic E-state index is -2.29. The Labute approximate surface area is 42.5 Å². The summed E-state index contributed by atoms with van der Waals surface area (Å²) in [6.45, 7) is 0. The number of hydrogen-bond acceptors (Lipinski definition) is 3. The highest BCUT2D eigenvalue weighted by Gasteiger charge is 1.78. The summed E-state index contributed by atoms with van der Waals surface area (Å²) in [4.78, 5) is 0. The average molecular weight is 132 g/mol. The summed E-state index contributed by atoms with van der Waals surface area (Å²) in [6, 6.07) is 0. The van der Waals surface area contributed by atoms with Crippen LogP contribution in [0.5, 0.6) is 0 Å². The predicted octanol–water partition coefficient (Wildman–Crippen LogP) is 1.64. The summed E-state index contributed by atoms with van der Waals surface area (Å²) >= 11 is 0. The molecule has 0 fully saturated rings. The summed E-state index contributed by atoms with van der Waals surface area (Å²) in [5.41, 5.74) is 0. The van der Waals surface area contributed by atoms with Gasteiger partial charge in [-0.1, -0.05) is 5.04 Å². The summed E-state index contributed by atoms with van der Waals surface area (Å²) in [5, 5.41) is 15.5. The van der Waals surface area contributed by atoms with Crippen LogP contribution in [-0.4, -0.2) is 10.5 Å². The minimum Gasteiger partial charge on any atom is -0.221 e. The maximum Gasteiger partial charge on any atom is 0.298 e. The van der Waals surface area contributed by atoms with Crippen molar-refractivity contribution in [3.63, 3.8) is 0 Å². The van der Waals surface area contributed by atoms with Crippen LogP contribution in [-0.2, 0) is 5.04 Å². The number of rotatable bonds is 0. The standard InChI is InChI=1S/C2HF3.H2O3/c3-1-2(4)5;1-3-2/h1H;1-2H. The minimum absolute atomic E-state index is 0.750. The molecular weight excluding hydrogens is 129 g/mol. The third-order valence-corrected chi connectivity index (χ3v) is 0.0825. The molecule has 8 heavy (non-hydrogen) atoms. The highest BCUT2D eigenvalue weighted by molar-refractivity contribution is 4.66. The summed E-state index contributed by atoms with van der Waals surface area (Å²) in [5.74, 6) is 0. The van der Waals surface area contributed by atoms with Crippen LogP contribution in [0.15, 0.2) is 12.4 Å². The van der Waals surface area contributed by atoms with Crippen molar-refractivity contribution in [1.29, 1.82) is 0 Å².